The van der Waals surface area contributed by atoms with Gasteiger partial charge in [0.2, 0.25) is 5.91 Å². The molecular formula is C27H27F2N3O3. The molecule has 0 radical (unpaired) electrons. The fraction of sp³-hybridized carbons (Fsp3) is 0.259. The van der Waals surface area contributed by atoms with Gasteiger partial charge in [0.05, 0.1) is 0 Å². The van der Waals surface area contributed by atoms with E-state index in [1.807, 2.05) is 53.4 Å². The summed E-state index contributed by atoms with van der Waals surface area (Å²) in [6.45, 7) is -0.831. The molecule has 1 heterocycles. The zero-order chi connectivity index (χ0) is 24.6. The number of nitrogens with zero attached hydrogens (tertiary/aromatic N) is 1. The van der Waals surface area contributed by atoms with Crippen molar-refractivity contribution in [3.63, 3.8) is 0 Å². The Labute approximate surface area is 202 Å². The minimum atomic E-state index is -2.87. The number of benzene rings is 3. The van der Waals surface area contributed by atoms with Crippen molar-refractivity contribution in [3.8, 4) is 16.9 Å². The maximum absolute atomic E-state index is 12.3. The highest BCUT2D eigenvalue weighted by atomic mass is 19.3. The maximum Gasteiger partial charge on any atom is 0.387 e. The Morgan fingerprint density at radius 3 is 2.29 bits per heavy atom. The number of halogens is 2. The van der Waals surface area contributed by atoms with Gasteiger partial charge in [0.25, 0.3) is 0 Å². The monoisotopic (exact) mass is 479 g/mol. The van der Waals surface area contributed by atoms with E-state index in [1.165, 1.54) is 12.1 Å². The van der Waals surface area contributed by atoms with E-state index in [0.717, 1.165) is 40.8 Å². The van der Waals surface area contributed by atoms with Crippen LogP contribution in [0.2, 0.25) is 0 Å². The van der Waals surface area contributed by atoms with Gasteiger partial charge in [-0.25, -0.2) is 4.79 Å². The van der Waals surface area contributed by atoms with E-state index < -0.39 is 6.61 Å². The van der Waals surface area contributed by atoms with Gasteiger partial charge < -0.3 is 20.3 Å². The first-order valence-corrected chi connectivity index (χ1v) is 11.5. The molecule has 0 atom stereocenters. The van der Waals surface area contributed by atoms with Crippen molar-refractivity contribution in [1.29, 1.82) is 0 Å². The Bertz CT molecular complexity index is 1150. The Balaban J connectivity index is 1.31. The first kappa shape index (κ1) is 24.2. The van der Waals surface area contributed by atoms with Crippen LogP contribution in [0.5, 0.6) is 5.75 Å². The quantitative estimate of drug-likeness (QED) is 0.450. The van der Waals surface area contributed by atoms with Crippen LogP contribution in [0, 0.1) is 0 Å². The molecule has 35 heavy (non-hydrogen) atoms. The molecule has 182 valence electrons. The van der Waals surface area contributed by atoms with Crippen LogP contribution in [0.1, 0.15) is 29.5 Å². The molecule has 2 N–H and O–H groups in total. The van der Waals surface area contributed by atoms with Gasteiger partial charge in [-0.2, -0.15) is 8.78 Å². The molecule has 1 fully saturated rings. The number of likely N-dealkylation sites (tertiary alicyclic amines) is 1. The molecular weight excluding hydrogens is 452 g/mol. The molecule has 3 aromatic carbocycles. The Morgan fingerprint density at radius 2 is 1.60 bits per heavy atom. The second-order valence-corrected chi connectivity index (χ2v) is 8.33. The summed E-state index contributed by atoms with van der Waals surface area (Å²) in [7, 11) is 0. The number of rotatable bonds is 9. The second kappa shape index (κ2) is 11.5. The first-order valence-electron chi connectivity index (χ1n) is 11.5. The molecule has 0 bridgehead atoms. The third-order valence-corrected chi connectivity index (χ3v) is 5.87. The number of hydrogen-bond donors (Lipinski definition) is 2. The number of amides is 3. The van der Waals surface area contributed by atoms with Crippen LogP contribution in [0.3, 0.4) is 0 Å². The molecule has 6 nitrogen and oxygen atoms in total. The van der Waals surface area contributed by atoms with Gasteiger partial charge in [-0.3, -0.25) is 4.79 Å². The fourth-order valence-corrected chi connectivity index (χ4v) is 4.05. The topological polar surface area (TPSA) is 70.7 Å². The number of carbonyl (C=O) groups is 2. The molecule has 3 amide bonds. The van der Waals surface area contributed by atoms with Crippen LogP contribution in [0.15, 0.2) is 72.8 Å². The summed E-state index contributed by atoms with van der Waals surface area (Å²) in [4.78, 5) is 26.1. The van der Waals surface area contributed by atoms with Crippen molar-refractivity contribution in [1.82, 2.24) is 15.5 Å². The largest absolute Gasteiger partial charge is 0.435 e. The molecule has 0 aromatic heterocycles. The van der Waals surface area contributed by atoms with Gasteiger partial charge in [-0.1, -0.05) is 60.7 Å². The normalized spacial score (nSPS) is 13.2. The summed E-state index contributed by atoms with van der Waals surface area (Å²) in [6.07, 6.45) is 1.56. The van der Waals surface area contributed by atoms with Crippen LogP contribution in [-0.2, 0) is 24.4 Å². The summed E-state index contributed by atoms with van der Waals surface area (Å²) < 4.78 is 28.8. The first-order chi connectivity index (χ1) is 17.0. The summed E-state index contributed by atoms with van der Waals surface area (Å²) >= 11 is 0. The van der Waals surface area contributed by atoms with Crippen molar-refractivity contribution < 1.29 is 23.1 Å². The molecule has 1 aliphatic heterocycles. The number of hydrogen-bond acceptors (Lipinski definition) is 3. The third-order valence-electron chi connectivity index (χ3n) is 5.87. The van der Waals surface area contributed by atoms with E-state index in [-0.39, 0.29) is 24.2 Å². The lowest BCUT2D eigenvalue weighted by Crippen LogP contribution is -2.34. The summed E-state index contributed by atoms with van der Waals surface area (Å²) in [5.41, 5.74) is 4.88. The maximum atomic E-state index is 12.3. The van der Waals surface area contributed by atoms with E-state index >= 15 is 0 Å². The van der Waals surface area contributed by atoms with Gasteiger partial charge >= 0.3 is 12.6 Å². The van der Waals surface area contributed by atoms with Crippen molar-refractivity contribution in [2.45, 2.75) is 39.1 Å². The van der Waals surface area contributed by atoms with E-state index in [2.05, 4.69) is 15.4 Å². The molecule has 0 spiro atoms. The minimum Gasteiger partial charge on any atom is -0.435 e. The van der Waals surface area contributed by atoms with Gasteiger partial charge in [0, 0.05) is 32.6 Å². The molecule has 0 saturated carbocycles. The highest BCUT2D eigenvalue weighted by Crippen LogP contribution is 2.25. The van der Waals surface area contributed by atoms with Crippen molar-refractivity contribution in [3.05, 3.63) is 89.5 Å². The SMILES string of the molecule is O=C(NCc1ccc(OC(F)F)cc1)NCc1ccccc1-c1ccc(CN2CCCC2=O)cc1. The fourth-order valence-electron chi connectivity index (χ4n) is 4.05. The molecule has 3 aromatic rings. The molecule has 0 aliphatic carbocycles. The number of ether oxygens (including phenoxy) is 1. The standard InChI is InChI=1S/C27H27F2N3O3/c28-26(29)35-23-13-9-19(10-14-23)16-30-27(34)31-17-22-4-1-2-5-24(22)21-11-7-20(8-12-21)18-32-15-3-6-25(32)33/h1-2,4-5,7-14,26H,3,6,15-18H2,(H2,30,31,34). The molecule has 1 aliphatic rings. The molecule has 0 unspecified atom stereocenters. The summed E-state index contributed by atoms with van der Waals surface area (Å²) in [5.74, 6) is 0.281. The lowest BCUT2D eigenvalue weighted by Gasteiger charge is -2.16. The predicted molar refractivity (Wildman–Crippen MR) is 129 cm³/mol. The zero-order valence-electron chi connectivity index (χ0n) is 19.2. The van der Waals surface area contributed by atoms with Crippen LogP contribution in [0.4, 0.5) is 13.6 Å². The van der Waals surface area contributed by atoms with Crippen LogP contribution >= 0.6 is 0 Å². The average Bonchev–Trinajstić information content (AvgIpc) is 3.27. The van der Waals surface area contributed by atoms with Crippen molar-refractivity contribution in [2.24, 2.45) is 0 Å². The van der Waals surface area contributed by atoms with Gasteiger partial charge in [0.15, 0.2) is 0 Å². The lowest BCUT2D eigenvalue weighted by atomic mass is 9.98. The number of carbonyl (C=O) groups excluding carboxylic acids is 2. The molecule has 1 saturated heterocycles. The zero-order valence-corrected chi connectivity index (χ0v) is 19.2. The minimum absolute atomic E-state index is 0.0716. The van der Waals surface area contributed by atoms with Crippen molar-refractivity contribution >= 4 is 11.9 Å². The van der Waals surface area contributed by atoms with Gasteiger partial charge in [-0.05, 0) is 46.4 Å². The van der Waals surface area contributed by atoms with Gasteiger partial charge in [-0.15, -0.1) is 0 Å². The van der Waals surface area contributed by atoms with Crippen molar-refractivity contribution in [2.75, 3.05) is 6.54 Å². The lowest BCUT2D eigenvalue weighted by molar-refractivity contribution is -0.128. The second-order valence-electron chi connectivity index (χ2n) is 8.33. The average molecular weight is 480 g/mol. The van der Waals surface area contributed by atoms with E-state index in [9.17, 15) is 18.4 Å². The van der Waals surface area contributed by atoms with E-state index in [0.29, 0.717) is 19.5 Å². The Morgan fingerprint density at radius 1 is 0.914 bits per heavy atom. The van der Waals surface area contributed by atoms with Crippen LogP contribution in [0.25, 0.3) is 11.1 Å². The molecule has 4 rings (SSSR count). The van der Waals surface area contributed by atoms with E-state index in [4.69, 9.17) is 0 Å². The Hall–Kier alpha value is -3.94. The number of nitrogens with one attached hydrogen (secondary N) is 2. The van der Waals surface area contributed by atoms with E-state index in [1.54, 1.807) is 12.1 Å². The highest BCUT2D eigenvalue weighted by molar-refractivity contribution is 5.78. The summed E-state index contributed by atoms with van der Waals surface area (Å²) in [5, 5.41) is 5.63. The predicted octanol–water partition coefficient (Wildman–Crippen LogP) is 5.08. The Kier molecular flexibility index (Phi) is 7.92. The summed E-state index contributed by atoms with van der Waals surface area (Å²) in [6, 6.07) is 21.8. The highest BCUT2D eigenvalue weighted by Gasteiger charge is 2.20. The number of urea groups is 1. The third kappa shape index (κ3) is 6.79. The smallest absolute Gasteiger partial charge is 0.387 e. The van der Waals surface area contributed by atoms with Crippen LogP contribution in [-0.4, -0.2) is 30.0 Å². The van der Waals surface area contributed by atoms with Crippen LogP contribution < -0.4 is 15.4 Å². The van der Waals surface area contributed by atoms with Gasteiger partial charge in [0.1, 0.15) is 5.75 Å². The molecule has 8 heteroatoms. The number of alkyl halides is 2.